The summed E-state index contributed by atoms with van der Waals surface area (Å²) in [4.78, 5) is 7.19. The van der Waals surface area contributed by atoms with Crippen LogP contribution in [0.5, 0.6) is 0 Å². The molecule has 2 spiro atoms. The second kappa shape index (κ2) is 6.65. The van der Waals surface area contributed by atoms with E-state index in [1.165, 1.54) is 62.3 Å². The molecule has 6 fully saturated rings. The molecule has 2 aromatic rings. The lowest BCUT2D eigenvalue weighted by atomic mass is 9.55. The lowest BCUT2D eigenvalue weighted by Crippen LogP contribution is -2.57. The molecule has 1 aromatic carbocycles. The molecule has 4 heterocycles. The number of aromatic nitrogens is 1. The molecule has 10 rings (SSSR count). The van der Waals surface area contributed by atoms with Gasteiger partial charge in [0.2, 0.25) is 0 Å². The zero-order chi connectivity index (χ0) is 25.1. The van der Waals surface area contributed by atoms with Crippen molar-refractivity contribution in [1.82, 2.24) is 9.88 Å². The minimum atomic E-state index is -0.0665. The Balaban J connectivity index is 1.05. The van der Waals surface area contributed by atoms with Gasteiger partial charge in [-0.05, 0) is 115 Å². The van der Waals surface area contributed by atoms with Gasteiger partial charge in [-0.3, -0.25) is 9.88 Å². The number of likely N-dealkylation sites (tertiary alicyclic amines) is 1. The van der Waals surface area contributed by atoms with Crippen LogP contribution in [0.25, 0.3) is 10.8 Å². The Labute approximate surface area is 225 Å². The van der Waals surface area contributed by atoms with Gasteiger partial charge in [-0.2, -0.15) is 0 Å². The number of pyridine rings is 1. The Morgan fingerprint density at radius 2 is 2.05 bits per heavy atom. The van der Waals surface area contributed by atoms with E-state index in [4.69, 9.17) is 10.5 Å². The van der Waals surface area contributed by atoms with Crippen LogP contribution in [-0.2, 0) is 10.2 Å². The van der Waals surface area contributed by atoms with Gasteiger partial charge in [-0.25, -0.2) is 0 Å². The van der Waals surface area contributed by atoms with Crippen molar-refractivity contribution in [2.24, 2.45) is 34.8 Å². The lowest BCUT2D eigenvalue weighted by molar-refractivity contribution is -0.146. The second-order valence-corrected chi connectivity index (χ2v) is 14.8. The monoisotopic (exact) mass is 505 g/mol. The summed E-state index contributed by atoms with van der Waals surface area (Å²) in [5, 5.41) is 2.59. The summed E-state index contributed by atoms with van der Waals surface area (Å²) in [6, 6.07) is 10.4. The molecule has 2 bridgehead atoms. The van der Waals surface area contributed by atoms with Gasteiger partial charge in [0.25, 0.3) is 0 Å². The number of benzene rings is 1. The van der Waals surface area contributed by atoms with Crippen molar-refractivity contribution in [2.45, 2.75) is 87.0 Å². The fourth-order valence-corrected chi connectivity index (χ4v) is 11.6. The van der Waals surface area contributed by atoms with Crippen LogP contribution >= 0.6 is 0 Å². The summed E-state index contributed by atoms with van der Waals surface area (Å²) >= 11 is 0. The van der Waals surface area contributed by atoms with Crippen LogP contribution in [0.4, 0.5) is 0 Å². The highest BCUT2D eigenvalue weighted by Crippen LogP contribution is 2.81. The fourth-order valence-electron chi connectivity index (χ4n) is 11.6. The van der Waals surface area contributed by atoms with E-state index >= 15 is 0 Å². The van der Waals surface area contributed by atoms with Crippen molar-refractivity contribution in [3.63, 3.8) is 0 Å². The van der Waals surface area contributed by atoms with Gasteiger partial charge < -0.3 is 10.5 Å². The molecule has 2 N–H and O–H groups in total. The molecule has 3 aliphatic heterocycles. The summed E-state index contributed by atoms with van der Waals surface area (Å²) in [5.74, 6) is 3.00. The average Bonchev–Trinajstić information content (AvgIpc) is 3.78. The molecule has 1 unspecified atom stereocenters. The molecule has 8 aliphatic rings. The fraction of sp³-hybridized carbons (Fsp3) is 0.618. The molecule has 1 aromatic heterocycles. The van der Waals surface area contributed by atoms with E-state index in [1.807, 2.05) is 12.4 Å². The van der Waals surface area contributed by atoms with E-state index in [1.54, 1.807) is 16.7 Å². The van der Waals surface area contributed by atoms with Crippen LogP contribution in [0, 0.1) is 29.1 Å². The van der Waals surface area contributed by atoms with Crippen LogP contribution in [0.2, 0.25) is 0 Å². The van der Waals surface area contributed by atoms with Crippen molar-refractivity contribution >= 4 is 10.8 Å². The maximum atomic E-state index is 7.69. The number of nitrogens with zero attached hydrogens (tertiary/aromatic N) is 2. The number of hydrogen-bond acceptors (Lipinski definition) is 4. The minimum Gasteiger partial charge on any atom is -0.359 e. The van der Waals surface area contributed by atoms with Crippen molar-refractivity contribution in [3.8, 4) is 0 Å². The number of rotatable bonds is 2. The molecule has 4 saturated carbocycles. The van der Waals surface area contributed by atoms with Crippen LogP contribution in [0.1, 0.15) is 63.9 Å². The van der Waals surface area contributed by atoms with Gasteiger partial charge in [0.1, 0.15) is 0 Å². The van der Waals surface area contributed by atoms with E-state index in [2.05, 4.69) is 53.2 Å². The third-order valence-electron chi connectivity index (χ3n) is 13.5. The summed E-state index contributed by atoms with van der Waals surface area (Å²) < 4.78 is 7.69. The predicted octanol–water partition coefficient (Wildman–Crippen LogP) is 5.52. The number of nitrogens with two attached hydrogens (primary N) is 1. The van der Waals surface area contributed by atoms with Crippen molar-refractivity contribution in [2.75, 3.05) is 13.1 Å². The molecule has 2 saturated heterocycles. The molecule has 38 heavy (non-hydrogen) atoms. The van der Waals surface area contributed by atoms with Crippen LogP contribution in [0.3, 0.4) is 0 Å². The van der Waals surface area contributed by atoms with Crippen molar-refractivity contribution in [3.05, 3.63) is 65.5 Å². The first kappa shape index (κ1) is 21.8. The van der Waals surface area contributed by atoms with Crippen molar-refractivity contribution in [1.29, 1.82) is 0 Å². The Kier molecular flexibility index (Phi) is 3.81. The van der Waals surface area contributed by atoms with E-state index in [0.29, 0.717) is 23.4 Å². The van der Waals surface area contributed by atoms with Gasteiger partial charge >= 0.3 is 0 Å². The van der Waals surface area contributed by atoms with E-state index in [0.717, 1.165) is 30.7 Å². The number of hydrogen-bond donors (Lipinski definition) is 1. The molecule has 5 aliphatic carbocycles. The maximum absolute atomic E-state index is 7.69. The zero-order valence-corrected chi connectivity index (χ0v) is 22.5. The average molecular weight is 506 g/mol. The van der Waals surface area contributed by atoms with Gasteiger partial charge in [-0.15, -0.1) is 0 Å². The van der Waals surface area contributed by atoms with Crippen LogP contribution in [-0.4, -0.2) is 46.3 Å². The first-order chi connectivity index (χ1) is 18.5. The summed E-state index contributed by atoms with van der Waals surface area (Å²) in [5.41, 5.74) is 11.6. The Morgan fingerprint density at radius 3 is 2.95 bits per heavy atom. The molecular weight excluding hydrogens is 466 g/mol. The summed E-state index contributed by atoms with van der Waals surface area (Å²) in [6.07, 6.45) is 19.4. The van der Waals surface area contributed by atoms with Crippen LogP contribution < -0.4 is 5.73 Å². The Hall–Kier alpha value is -2.01. The quantitative estimate of drug-likeness (QED) is 0.584. The molecule has 196 valence electrons. The van der Waals surface area contributed by atoms with Crippen molar-refractivity contribution < 1.29 is 4.74 Å². The molecule has 4 nitrogen and oxygen atoms in total. The highest BCUT2D eigenvalue weighted by Gasteiger charge is 2.79. The molecule has 10 atom stereocenters. The first-order valence-corrected chi connectivity index (χ1v) is 15.4. The third kappa shape index (κ3) is 2.37. The number of allylic oxidation sites excluding steroid dienone is 1. The van der Waals surface area contributed by atoms with E-state index in [-0.39, 0.29) is 16.6 Å². The van der Waals surface area contributed by atoms with Gasteiger partial charge in [0.05, 0.1) is 11.2 Å². The largest absolute Gasteiger partial charge is 0.359 e. The predicted molar refractivity (Wildman–Crippen MR) is 148 cm³/mol. The standard InChI is InChI=1S/C34H39N3O/c1-31-7-4-23-13-28-26-15-27(26)29(37-11-6-25(35)19-37)17-32(28)8-9-34(23,38-32)30(31)14-24-16-33(24,31)22-3-2-20-5-10-36-18-21(20)12-22/h2-5,10,12-13,18,24-27,29-30H,6-9,11,14-17,19,35H2,1H3/t24-,25+,26-,27+,29-,30+,31-,32+,33-,34?/m0/s1. The first-order valence-electron chi connectivity index (χ1n) is 15.4. The summed E-state index contributed by atoms with van der Waals surface area (Å²) in [6.45, 7) is 4.91. The Bertz CT molecular complexity index is 1480. The normalized spacial score (nSPS) is 51.4. The smallest absolute Gasteiger partial charge is 0.0975 e. The minimum absolute atomic E-state index is 0.0147. The molecular formula is C34H39N3O. The SMILES string of the molecule is C[C@]12CC=C3C=C4[C@H]5C[C@H]5[C@@H](N5CC[C@@H](N)C5)C[C@]45CCC3(O5)[C@@H]1C[C@H]1C[C@]12c1ccc2ccncc2c1. The number of ether oxygens (including phenoxy) is 1. The topological polar surface area (TPSA) is 51.4 Å². The summed E-state index contributed by atoms with van der Waals surface area (Å²) in [7, 11) is 0. The lowest BCUT2D eigenvalue weighted by Gasteiger charge is -2.56. The molecule has 4 heteroatoms. The molecule has 0 radical (unpaired) electrons. The molecule has 0 amide bonds. The maximum Gasteiger partial charge on any atom is 0.0975 e. The third-order valence-corrected chi connectivity index (χ3v) is 13.5. The Morgan fingerprint density at radius 1 is 1.11 bits per heavy atom. The number of fused-ring (bicyclic) bond motifs is 6. The highest BCUT2D eigenvalue weighted by molar-refractivity contribution is 5.82. The van der Waals surface area contributed by atoms with Gasteiger partial charge in [-0.1, -0.05) is 31.2 Å². The van der Waals surface area contributed by atoms with Gasteiger partial charge in [0, 0.05) is 48.4 Å². The second-order valence-electron chi connectivity index (χ2n) is 14.8. The zero-order valence-electron chi connectivity index (χ0n) is 22.5. The highest BCUT2D eigenvalue weighted by atomic mass is 16.5. The van der Waals surface area contributed by atoms with E-state index < -0.39 is 0 Å². The van der Waals surface area contributed by atoms with E-state index in [9.17, 15) is 0 Å². The van der Waals surface area contributed by atoms with Crippen LogP contribution in [0.15, 0.2) is 60.0 Å². The van der Waals surface area contributed by atoms with Gasteiger partial charge in [0.15, 0.2) is 0 Å².